The Morgan fingerprint density at radius 1 is 1.22 bits per heavy atom. The molecule has 164 valence electrons. The Balaban J connectivity index is 1.92. The molecule has 3 amide bonds. The molecule has 2 heterocycles. The summed E-state index contributed by atoms with van der Waals surface area (Å²) in [6, 6.07) is 10.8. The number of urea groups is 1. The highest BCUT2D eigenvalue weighted by molar-refractivity contribution is 7.90. The van der Waals surface area contributed by atoms with E-state index in [0.717, 1.165) is 6.26 Å². The van der Waals surface area contributed by atoms with Crippen molar-refractivity contribution in [2.75, 3.05) is 24.7 Å². The van der Waals surface area contributed by atoms with Crippen LogP contribution in [0, 0.1) is 11.3 Å². The molecule has 0 fully saturated rings. The summed E-state index contributed by atoms with van der Waals surface area (Å²) in [5, 5.41) is 11.9. The third kappa shape index (κ3) is 3.50. The number of carbonyl (C=O) groups is 2. The van der Waals surface area contributed by atoms with Gasteiger partial charge in [-0.3, -0.25) is 9.69 Å². The lowest BCUT2D eigenvalue weighted by atomic mass is 9.94. The van der Waals surface area contributed by atoms with Crippen molar-refractivity contribution in [2.45, 2.75) is 17.6 Å². The van der Waals surface area contributed by atoms with Gasteiger partial charge in [-0.1, -0.05) is 18.2 Å². The molecule has 2 aromatic carbocycles. The fourth-order valence-electron chi connectivity index (χ4n) is 4.02. The van der Waals surface area contributed by atoms with Gasteiger partial charge in [-0.05, 0) is 35.4 Å². The summed E-state index contributed by atoms with van der Waals surface area (Å²) in [6.07, 6.45) is 1.00. The highest BCUT2D eigenvalue weighted by atomic mass is 32.2. The summed E-state index contributed by atoms with van der Waals surface area (Å²) in [5.41, 5.74) is 1.75. The summed E-state index contributed by atoms with van der Waals surface area (Å²) < 4.78 is 38.1. The molecule has 2 aliphatic heterocycles. The van der Waals surface area contributed by atoms with E-state index >= 15 is 0 Å². The summed E-state index contributed by atoms with van der Waals surface area (Å²) >= 11 is 0. The molecule has 32 heavy (non-hydrogen) atoms. The van der Waals surface area contributed by atoms with Gasteiger partial charge in [-0.25, -0.2) is 17.6 Å². The lowest BCUT2D eigenvalue weighted by molar-refractivity contribution is -0.124. The number of hydrogen-bond donors (Lipinski definition) is 1. The van der Waals surface area contributed by atoms with Crippen molar-refractivity contribution >= 4 is 27.5 Å². The van der Waals surface area contributed by atoms with Crippen molar-refractivity contribution < 1.29 is 22.4 Å². The van der Waals surface area contributed by atoms with Crippen LogP contribution in [0.1, 0.15) is 22.7 Å². The molecule has 8 nitrogen and oxygen atoms in total. The number of likely N-dealkylation sites (N-methyl/N-ethyl adjacent to an activating group) is 1. The maximum atomic E-state index is 13.2. The molecular formula is C22H19FN4O4S. The van der Waals surface area contributed by atoms with Crippen LogP contribution in [0.3, 0.4) is 0 Å². The van der Waals surface area contributed by atoms with E-state index in [4.69, 9.17) is 0 Å². The monoisotopic (exact) mass is 454 g/mol. The molecule has 1 atom stereocenters. The molecule has 0 spiro atoms. The second kappa shape index (κ2) is 7.76. The number of rotatable bonds is 4. The first-order chi connectivity index (χ1) is 15.2. The standard InChI is InChI=1S/C22H19FN4O4S/c1-26-12-17-19(21(26)28)20(16-7-6-14(11-24)9-18(16)32(2,30)31)25-22(29)27(17)15-5-3-4-13(8-15)10-23/h3-9,20H,10,12H2,1-2H3,(H,25,29). The maximum Gasteiger partial charge on any atom is 0.327 e. The molecule has 0 bridgehead atoms. The van der Waals surface area contributed by atoms with Gasteiger partial charge in [-0.2, -0.15) is 5.26 Å². The normalized spacial score (nSPS) is 18.5. The lowest BCUT2D eigenvalue weighted by Crippen LogP contribution is -2.47. The molecule has 0 aromatic heterocycles. The zero-order valence-corrected chi connectivity index (χ0v) is 18.1. The Bertz CT molecular complexity index is 1330. The van der Waals surface area contributed by atoms with Crippen LogP contribution < -0.4 is 10.2 Å². The molecule has 10 heteroatoms. The van der Waals surface area contributed by atoms with Crippen LogP contribution in [0.15, 0.2) is 58.6 Å². The predicted octanol–water partition coefficient (Wildman–Crippen LogP) is 2.43. The number of carbonyl (C=O) groups excluding carboxylic acids is 2. The van der Waals surface area contributed by atoms with Gasteiger partial charge in [0.2, 0.25) is 0 Å². The van der Waals surface area contributed by atoms with E-state index in [1.54, 1.807) is 25.2 Å². The Morgan fingerprint density at radius 2 is 1.97 bits per heavy atom. The number of nitrogens with zero attached hydrogens (tertiary/aromatic N) is 3. The Morgan fingerprint density at radius 3 is 2.62 bits per heavy atom. The second-order valence-corrected chi connectivity index (χ2v) is 9.66. The van der Waals surface area contributed by atoms with Crippen LogP contribution >= 0.6 is 0 Å². The van der Waals surface area contributed by atoms with E-state index in [2.05, 4.69) is 5.32 Å². The van der Waals surface area contributed by atoms with Gasteiger partial charge in [0.1, 0.15) is 6.67 Å². The molecule has 0 saturated carbocycles. The number of alkyl halides is 1. The molecule has 0 aliphatic carbocycles. The van der Waals surface area contributed by atoms with E-state index < -0.39 is 28.6 Å². The quantitative estimate of drug-likeness (QED) is 0.763. The zero-order valence-electron chi connectivity index (χ0n) is 17.3. The number of benzene rings is 2. The molecule has 1 unspecified atom stereocenters. The smallest absolute Gasteiger partial charge is 0.327 e. The number of nitrogens with one attached hydrogen (secondary N) is 1. The third-order valence-corrected chi connectivity index (χ3v) is 6.63. The number of halogens is 1. The minimum absolute atomic E-state index is 0.127. The van der Waals surface area contributed by atoms with E-state index in [9.17, 15) is 27.7 Å². The largest absolute Gasteiger partial charge is 0.336 e. The van der Waals surface area contributed by atoms with Crippen molar-refractivity contribution in [1.29, 1.82) is 5.26 Å². The fraction of sp³-hybridized carbons (Fsp3) is 0.227. The molecule has 0 saturated heterocycles. The average Bonchev–Trinajstić information content (AvgIpc) is 3.06. The Kier molecular flexibility index (Phi) is 5.22. The summed E-state index contributed by atoms with van der Waals surface area (Å²) in [5.74, 6) is -0.361. The number of hydrogen-bond acceptors (Lipinski definition) is 5. The van der Waals surface area contributed by atoms with Crippen molar-refractivity contribution in [3.63, 3.8) is 0 Å². The molecule has 0 radical (unpaired) electrons. The van der Waals surface area contributed by atoms with Crippen molar-refractivity contribution in [3.05, 3.63) is 70.4 Å². The maximum absolute atomic E-state index is 13.2. The summed E-state index contributed by atoms with van der Waals surface area (Å²) in [7, 11) is -2.19. The number of sulfone groups is 1. The first-order valence-electron chi connectivity index (χ1n) is 9.64. The van der Waals surface area contributed by atoms with Crippen LogP contribution in [-0.4, -0.2) is 45.1 Å². The Hall–Kier alpha value is -3.71. The highest BCUT2D eigenvalue weighted by Crippen LogP contribution is 2.40. The van der Waals surface area contributed by atoms with Crippen LogP contribution in [0.5, 0.6) is 0 Å². The zero-order chi connectivity index (χ0) is 23.2. The Labute approximate surface area is 184 Å². The number of amides is 3. The number of nitriles is 1. The second-order valence-electron chi connectivity index (χ2n) is 7.68. The van der Waals surface area contributed by atoms with Gasteiger partial charge in [-0.15, -0.1) is 0 Å². The van der Waals surface area contributed by atoms with Gasteiger partial charge in [0.25, 0.3) is 5.91 Å². The lowest BCUT2D eigenvalue weighted by Gasteiger charge is -2.34. The number of anilines is 1. The minimum Gasteiger partial charge on any atom is -0.336 e. The molecule has 2 aliphatic rings. The molecular weight excluding hydrogens is 435 g/mol. The van der Waals surface area contributed by atoms with Crippen molar-refractivity contribution in [1.82, 2.24) is 10.2 Å². The first kappa shape index (κ1) is 21.5. The third-order valence-electron chi connectivity index (χ3n) is 5.48. The molecule has 2 aromatic rings. The summed E-state index contributed by atoms with van der Waals surface area (Å²) in [4.78, 5) is 28.8. The SMILES string of the molecule is CN1CC2=C(C1=O)C(c1ccc(C#N)cc1S(C)(=O)=O)NC(=O)N2c1cccc(CF)c1. The van der Waals surface area contributed by atoms with Gasteiger partial charge in [0.05, 0.1) is 46.1 Å². The predicted molar refractivity (Wildman–Crippen MR) is 114 cm³/mol. The van der Waals surface area contributed by atoms with Crippen LogP contribution in [-0.2, 0) is 21.3 Å². The van der Waals surface area contributed by atoms with Gasteiger partial charge in [0.15, 0.2) is 9.84 Å². The topological polar surface area (TPSA) is 111 Å². The highest BCUT2D eigenvalue weighted by Gasteiger charge is 2.44. The van der Waals surface area contributed by atoms with Crippen LogP contribution in [0.2, 0.25) is 0 Å². The van der Waals surface area contributed by atoms with E-state index in [1.807, 2.05) is 6.07 Å². The van der Waals surface area contributed by atoms with Gasteiger partial charge >= 0.3 is 6.03 Å². The van der Waals surface area contributed by atoms with Gasteiger partial charge in [0, 0.05) is 13.3 Å². The van der Waals surface area contributed by atoms with E-state index in [0.29, 0.717) is 16.9 Å². The minimum atomic E-state index is -3.77. The van der Waals surface area contributed by atoms with Gasteiger partial charge < -0.3 is 10.2 Å². The molecule has 4 rings (SSSR count). The first-order valence-corrected chi connectivity index (χ1v) is 11.5. The van der Waals surface area contributed by atoms with Crippen molar-refractivity contribution in [2.24, 2.45) is 0 Å². The van der Waals surface area contributed by atoms with Crippen LogP contribution in [0.25, 0.3) is 0 Å². The van der Waals surface area contributed by atoms with Crippen molar-refractivity contribution in [3.8, 4) is 6.07 Å². The van der Waals surface area contributed by atoms with E-state index in [-0.39, 0.29) is 34.0 Å². The molecule has 1 N–H and O–H groups in total. The fourth-order valence-corrected chi connectivity index (χ4v) is 4.98. The average molecular weight is 454 g/mol. The summed E-state index contributed by atoms with van der Waals surface area (Å²) in [6.45, 7) is -0.581. The van der Waals surface area contributed by atoms with E-state index in [1.165, 1.54) is 34.1 Å². The van der Waals surface area contributed by atoms with Crippen LogP contribution in [0.4, 0.5) is 14.9 Å².